The van der Waals surface area contributed by atoms with Gasteiger partial charge in [0.15, 0.2) is 0 Å². The molecular weight excluding hydrogens is 254 g/mol. The zero-order chi connectivity index (χ0) is 15.0. The van der Waals surface area contributed by atoms with E-state index < -0.39 is 6.10 Å². The van der Waals surface area contributed by atoms with Crippen molar-refractivity contribution in [2.75, 3.05) is 13.2 Å². The first-order valence-corrected chi connectivity index (χ1v) is 7.17. The molecule has 1 atom stereocenters. The van der Waals surface area contributed by atoms with Crippen LogP contribution in [0.15, 0.2) is 24.3 Å². The predicted molar refractivity (Wildman–Crippen MR) is 79.8 cm³/mol. The second kappa shape index (κ2) is 8.59. The van der Waals surface area contributed by atoms with E-state index in [-0.39, 0.29) is 5.91 Å². The number of aliphatic hydroxyl groups excluding tert-OH is 1. The molecule has 0 aliphatic carbocycles. The Kier molecular flexibility index (Phi) is 7.09. The topological polar surface area (TPSA) is 58.6 Å². The van der Waals surface area contributed by atoms with Crippen molar-refractivity contribution in [1.29, 1.82) is 0 Å². The summed E-state index contributed by atoms with van der Waals surface area (Å²) in [5, 5.41) is 12.5. The molecule has 0 saturated heterocycles. The number of carbonyl (C=O) groups excluding carboxylic acids is 1. The normalized spacial score (nSPS) is 12.2. The third kappa shape index (κ3) is 6.57. The standard InChI is InChI=1S/C16H25NO3/c1-4-20-15-7-5-13(6-8-15)10-16(19)17-11-14(18)9-12(2)3/h5-8,12,14,18H,4,9-11H2,1-3H3,(H,17,19). The summed E-state index contributed by atoms with van der Waals surface area (Å²) in [6.07, 6.45) is 0.545. The first-order valence-electron chi connectivity index (χ1n) is 7.17. The predicted octanol–water partition coefficient (Wildman–Crippen LogP) is 2.15. The molecule has 0 aliphatic rings. The molecule has 2 N–H and O–H groups in total. The molecule has 0 aromatic heterocycles. The Morgan fingerprint density at radius 3 is 2.50 bits per heavy atom. The van der Waals surface area contributed by atoms with Gasteiger partial charge in [0, 0.05) is 6.54 Å². The van der Waals surface area contributed by atoms with Crippen molar-refractivity contribution in [3.05, 3.63) is 29.8 Å². The lowest BCUT2D eigenvalue weighted by Crippen LogP contribution is -2.33. The van der Waals surface area contributed by atoms with Gasteiger partial charge in [-0.05, 0) is 37.0 Å². The monoisotopic (exact) mass is 279 g/mol. The number of hydrogen-bond acceptors (Lipinski definition) is 3. The van der Waals surface area contributed by atoms with Gasteiger partial charge in [-0.25, -0.2) is 0 Å². The van der Waals surface area contributed by atoms with Crippen LogP contribution in [-0.4, -0.2) is 30.3 Å². The summed E-state index contributed by atoms with van der Waals surface area (Å²) in [5.41, 5.74) is 0.935. The highest BCUT2D eigenvalue weighted by Gasteiger charge is 2.09. The lowest BCUT2D eigenvalue weighted by Gasteiger charge is -2.14. The average molecular weight is 279 g/mol. The average Bonchev–Trinajstić information content (AvgIpc) is 2.38. The van der Waals surface area contributed by atoms with Gasteiger partial charge in [0.05, 0.1) is 19.1 Å². The molecule has 1 rings (SSSR count). The maximum Gasteiger partial charge on any atom is 0.224 e. The molecule has 0 saturated carbocycles. The molecule has 4 heteroatoms. The zero-order valence-electron chi connectivity index (χ0n) is 12.6. The van der Waals surface area contributed by atoms with E-state index in [2.05, 4.69) is 5.32 Å². The first kappa shape index (κ1) is 16.5. The molecule has 0 heterocycles. The highest BCUT2D eigenvalue weighted by Crippen LogP contribution is 2.12. The zero-order valence-corrected chi connectivity index (χ0v) is 12.6. The molecule has 4 nitrogen and oxygen atoms in total. The summed E-state index contributed by atoms with van der Waals surface area (Å²) in [4.78, 5) is 11.8. The molecule has 112 valence electrons. The van der Waals surface area contributed by atoms with Gasteiger partial charge in [-0.3, -0.25) is 4.79 Å². The van der Waals surface area contributed by atoms with Crippen LogP contribution in [0, 0.1) is 5.92 Å². The van der Waals surface area contributed by atoms with E-state index >= 15 is 0 Å². The summed E-state index contributed by atoms with van der Waals surface area (Å²) in [5.74, 6) is 1.16. The Hall–Kier alpha value is -1.55. The van der Waals surface area contributed by atoms with Crippen molar-refractivity contribution in [2.45, 2.75) is 39.7 Å². The highest BCUT2D eigenvalue weighted by molar-refractivity contribution is 5.78. The number of nitrogens with one attached hydrogen (secondary N) is 1. The van der Waals surface area contributed by atoms with Gasteiger partial charge in [0.1, 0.15) is 5.75 Å². The van der Waals surface area contributed by atoms with Crippen molar-refractivity contribution >= 4 is 5.91 Å². The number of hydrogen-bond donors (Lipinski definition) is 2. The van der Waals surface area contributed by atoms with Crippen LogP contribution in [0.1, 0.15) is 32.8 Å². The SMILES string of the molecule is CCOc1ccc(CC(=O)NCC(O)CC(C)C)cc1. The van der Waals surface area contributed by atoms with Gasteiger partial charge in [-0.15, -0.1) is 0 Å². The Balaban J connectivity index is 2.34. The Labute approximate surface area is 121 Å². The number of benzene rings is 1. The molecule has 1 aromatic rings. The van der Waals surface area contributed by atoms with Gasteiger partial charge in [-0.2, -0.15) is 0 Å². The Bertz CT molecular complexity index is 401. The Morgan fingerprint density at radius 1 is 1.30 bits per heavy atom. The quantitative estimate of drug-likeness (QED) is 0.766. The fourth-order valence-electron chi connectivity index (χ4n) is 1.98. The van der Waals surface area contributed by atoms with Crippen LogP contribution in [-0.2, 0) is 11.2 Å². The number of rotatable bonds is 8. The number of aliphatic hydroxyl groups is 1. The molecule has 0 spiro atoms. The molecular formula is C16H25NO3. The van der Waals surface area contributed by atoms with Gasteiger partial charge in [-0.1, -0.05) is 26.0 Å². The van der Waals surface area contributed by atoms with Crippen molar-refractivity contribution in [2.24, 2.45) is 5.92 Å². The summed E-state index contributed by atoms with van der Waals surface area (Å²) in [6.45, 7) is 6.97. The van der Waals surface area contributed by atoms with Gasteiger partial charge >= 0.3 is 0 Å². The van der Waals surface area contributed by atoms with Crippen LogP contribution in [0.3, 0.4) is 0 Å². The fraction of sp³-hybridized carbons (Fsp3) is 0.562. The minimum Gasteiger partial charge on any atom is -0.494 e. The van der Waals surface area contributed by atoms with Crippen molar-refractivity contribution in [1.82, 2.24) is 5.32 Å². The van der Waals surface area contributed by atoms with Crippen molar-refractivity contribution in [3.8, 4) is 5.75 Å². The summed E-state index contributed by atoms with van der Waals surface area (Å²) in [6, 6.07) is 7.49. The lowest BCUT2D eigenvalue weighted by atomic mass is 10.1. The minimum absolute atomic E-state index is 0.0723. The number of carbonyl (C=O) groups is 1. The van der Waals surface area contributed by atoms with Crippen LogP contribution in [0.25, 0.3) is 0 Å². The van der Waals surface area contributed by atoms with E-state index in [1.165, 1.54) is 0 Å². The van der Waals surface area contributed by atoms with E-state index in [9.17, 15) is 9.90 Å². The molecule has 0 aliphatic heterocycles. The van der Waals surface area contributed by atoms with Crippen LogP contribution in [0.2, 0.25) is 0 Å². The maximum atomic E-state index is 11.8. The van der Waals surface area contributed by atoms with E-state index in [1.54, 1.807) is 0 Å². The molecule has 0 fully saturated rings. The molecule has 0 bridgehead atoms. The largest absolute Gasteiger partial charge is 0.494 e. The number of amides is 1. The molecule has 1 amide bonds. The first-order chi connectivity index (χ1) is 9.51. The molecule has 1 unspecified atom stereocenters. The van der Waals surface area contributed by atoms with E-state index in [4.69, 9.17) is 4.74 Å². The molecule has 1 aromatic carbocycles. The Morgan fingerprint density at radius 2 is 1.95 bits per heavy atom. The van der Waals surface area contributed by atoms with Crippen molar-refractivity contribution in [3.63, 3.8) is 0 Å². The van der Waals surface area contributed by atoms with E-state index in [0.29, 0.717) is 31.9 Å². The summed E-state index contributed by atoms with van der Waals surface area (Å²) in [7, 11) is 0. The van der Waals surface area contributed by atoms with Crippen LogP contribution >= 0.6 is 0 Å². The third-order valence-corrected chi connectivity index (χ3v) is 2.88. The second-order valence-corrected chi connectivity index (χ2v) is 5.34. The molecule has 20 heavy (non-hydrogen) atoms. The van der Waals surface area contributed by atoms with Crippen LogP contribution in [0.4, 0.5) is 0 Å². The lowest BCUT2D eigenvalue weighted by molar-refractivity contribution is -0.120. The fourth-order valence-corrected chi connectivity index (χ4v) is 1.98. The van der Waals surface area contributed by atoms with Crippen molar-refractivity contribution < 1.29 is 14.6 Å². The van der Waals surface area contributed by atoms with E-state index in [0.717, 1.165) is 11.3 Å². The van der Waals surface area contributed by atoms with Gasteiger partial charge in [0.25, 0.3) is 0 Å². The number of ether oxygens (including phenoxy) is 1. The maximum absolute atomic E-state index is 11.8. The summed E-state index contributed by atoms with van der Waals surface area (Å²) < 4.78 is 5.35. The second-order valence-electron chi connectivity index (χ2n) is 5.34. The summed E-state index contributed by atoms with van der Waals surface area (Å²) >= 11 is 0. The minimum atomic E-state index is -0.473. The van der Waals surface area contributed by atoms with Gasteiger partial charge in [0.2, 0.25) is 5.91 Å². The molecule has 0 radical (unpaired) electrons. The van der Waals surface area contributed by atoms with Crippen LogP contribution in [0.5, 0.6) is 5.75 Å². The smallest absolute Gasteiger partial charge is 0.224 e. The van der Waals surface area contributed by atoms with Gasteiger partial charge < -0.3 is 15.2 Å². The van der Waals surface area contributed by atoms with Crippen LogP contribution < -0.4 is 10.1 Å². The highest BCUT2D eigenvalue weighted by atomic mass is 16.5. The third-order valence-electron chi connectivity index (χ3n) is 2.88. The van der Waals surface area contributed by atoms with E-state index in [1.807, 2.05) is 45.0 Å².